The molecule has 4 heteroatoms. The van der Waals surface area contributed by atoms with Gasteiger partial charge in [-0.3, -0.25) is 0 Å². The standard InChI is InChI=1S/C24H50O4/c1-3-5-7-9-11-13-15-17-21(25)19-23(27)24(28)20-22(26)18-16-14-12-10-8-6-4-2/h21-28H,3-20H2,1-2H3. The molecule has 0 radical (unpaired) electrons. The molecule has 4 unspecified atom stereocenters. The second-order valence-corrected chi connectivity index (χ2v) is 8.73. The van der Waals surface area contributed by atoms with Crippen molar-refractivity contribution in [2.45, 2.75) is 154 Å². The molecular weight excluding hydrogens is 352 g/mol. The van der Waals surface area contributed by atoms with E-state index in [1.165, 1.54) is 64.2 Å². The summed E-state index contributed by atoms with van der Waals surface area (Å²) in [4.78, 5) is 0. The Labute approximate surface area is 174 Å². The largest absolute Gasteiger partial charge is 0.393 e. The van der Waals surface area contributed by atoms with E-state index in [0.717, 1.165) is 25.7 Å². The maximum atomic E-state index is 10.1. The normalized spacial score (nSPS) is 16.1. The average Bonchev–Trinajstić information content (AvgIpc) is 2.66. The summed E-state index contributed by atoms with van der Waals surface area (Å²) in [6.45, 7) is 4.43. The van der Waals surface area contributed by atoms with Crippen molar-refractivity contribution >= 4 is 0 Å². The van der Waals surface area contributed by atoms with Crippen LogP contribution in [0.5, 0.6) is 0 Å². The highest BCUT2D eigenvalue weighted by Crippen LogP contribution is 2.17. The molecule has 0 fully saturated rings. The van der Waals surface area contributed by atoms with Crippen LogP contribution in [0.15, 0.2) is 0 Å². The first-order valence-corrected chi connectivity index (χ1v) is 12.2. The summed E-state index contributed by atoms with van der Waals surface area (Å²) in [7, 11) is 0. The van der Waals surface area contributed by atoms with Crippen LogP contribution in [-0.4, -0.2) is 44.8 Å². The zero-order valence-corrected chi connectivity index (χ0v) is 18.8. The molecule has 0 aromatic rings. The van der Waals surface area contributed by atoms with Crippen molar-refractivity contribution in [3.05, 3.63) is 0 Å². The molecule has 0 aliphatic heterocycles. The molecule has 0 spiro atoms. The van der Waals surface area contributed by atoms with E-state index in [1.807, 2.05) is 0 Å². The third-order valence-corrected chi connectivity index (χ3v) is 5.75. The fourth-order valence-electron chi connectivity index (χ4n) is 3.78. The highest BCUT2D eigenvalue weighted by Gasteiger charge is 2.22. The van der Waals surface area contributed by atoms with Crippen molar-refractivity contribution in [3.63, 3.8) is 0 Å². The van der Waals surface area contributed by atoms with Gasteiger partial charge in [-0.2, -0.15) is 0 Å². The number of aliphatic hydroxyl groups is 4. The number of hydrogen-bond acceptors (Lipinski definition) is 4. The molecule has 0 aromatic heterocycles. The van der Waals surface area contributed by atoms with Gasteiger partial charge in [-0.05, 0) is 12.8 Å². The minimum absolute atomic E-state index is 0.196. The van der Waals surface area contributed by atoms with Crippen LogP contribution in [-0.2, 0) is 0 Å². The van der Waals surface area contributed by atoms with Crippen LogP contribution in [0.3, 0.4) is 0 Å². The van der Waals surface area contributed by atoms with Gasteiger partial charge in [0.1, 0.15) is 0 Å². The third kappa shape index (κ3) is 17.9. The quantitative estimate of drug-likeness (QED) is 0.191. The molecule has 4 atom stereocenters. The fraction of sp³-hybridized carbons (Fsp3) is 1.00. The van der Waals surface area contributed by atoms with Crippen molar-refractivity contribution in [1.29, 1.82) is 0 Å². The van der Waals surface area contributed by atoms with Gasteiger partial charge >= 0.3 is 0 Å². The van der Waals surface area contributed by atoms with Crippen molar-refractivity contribution in [1.82, 2.24) is 0 Å². The Morgan fingerprint density at radius 3 is 1.04 bits per heavy atom. The van der Waals surface area contributed by atoms with Crippen molar-refractivity contribution in [3.8, 4) is 0 Å². The van der Waals surface area contributed by atoms with Crippen LogP contribution in [0.4, 0.5) is 0 Å². The van der Waals surface area contributed by atoms with E-state index in [2.05, 4.69) is 13.8 Å². The van der Waals surface area contributed by atoms with Gasteiger partial charge < -0.3 is 20.4 Å². The Morgan fingerprint density at radius 2 is 0.714 bits per heavy atom. The number of rotatable bonds is 21. The highest BCUT2D eigenvalue weighted by molar-refractivity contribution is 4.74. The molecule has 0 aliphatic carbocycles. The lowest BCUT2D eigenvalue weighted by Gasteiger charge is -2.23. The SMILES string of the molecule is CCCCCCCCCC(O)CC(O)C(O)CC(O)CCCCCCCCC. The maximum Gasteiger partial charge on any atom is 0.0824 e. The van der Waals surface area contributed by atoms with Crippen LogP contribution in [0, 0.1) is 0 Å². The van der Waals surface area contributed by atoms with Gasteiger partial charge in [0.2, 0.25) is 0 Å². The third-order valence-electron chi connectivity index (χ3n) is 5.75. The second-order valence-electron chi connectivity index (χ2n) is 8.73. The highest BCUT2D eigenvalue weighted by atomic mass is 16.3. The lowest BCUT2D eigenvalue weighted by atomic mass is 9.96. The van der Waals surface area contributed by atoms with Crippen LogP contribution in [0.1, 0.15) is 129 Å². The van der Waals surface area contributed by atoms with E-state index in [9.17, 15) is 20.4 Å². The Balaban J connectivity index is 3.67. The van der Waals surface area contributed by atoms with Gasteiger partial charge in [-0.1, -0.05) is 104 Å². The maximum absolute atomic E-state index is 10.1. The Kier molecular flexibility index (Phi) is 20.0. The molecule has 0 aliphatic rings. The summed E-state index contributed by atoms with van der Waals surface area (Å²) < 4.78 is 0. The summed E-state index contributed by atoms with van der Waals surface area (Å²) >= 11 is 0. The predicted octanol–water partition coefficient (Wildman–Crippen LogP) is 5.49. The van der Waals surface area contributed by atoms with Gasteiger partial charge in [0.25, 0.3) is 0 Å². The van der Waals surface area contributed by atoms with Gasteiger partial charge in [-0.15, -0.1) is 0 Å². The van der Waals surface area contributed by atoms with Gasteiger partial charge in [0, 0.05) is 12.8 Å². The van der Waals surface area contributed by atoms with Crippen molar-refractivity contribution < 1.29 is 20.4 Å². The van der Waals surface area contributed by atoms with Crippen LogP contribution in [0.2, 0.25) is 0 Å². The molecule has 4 N–H and O–H groups in total. The number of unbranched alkanes of at least 4 members (excludes halogenated alkanes) is 12. The molecular formula is C24H50O4. The minimum atomic E-state index is -0.955. The van der Waals surface area contributed by atoms with Crippen LogP contribution < -0.4 is 0 Å². The van der Waals surface area contributed by atoms with E-state index >= 15 is 0 Å². The molecule has 0 heterocycles. The van der Waals surface area contributed by atoms with E-state index in [4.69, 9.17) is 0 Å². The lowest BCUT2D eigenvalue weighted by molar-refractivity contribution is -0.0365. The van der Waals surface area contributed by atoms with E-state index in [-0.39, 0.29) is 12.8 Å². The van der Waals surface area contributed by atoms with Crippen LogP contribution >= 0.6 is 0 Å². The molecule has 0 aromatic carbocycles. The Hall–Kier alpha value is -0.160. The Morgan fingerprint density at radius 1 is 0.429 bits per heavy atom. The summed E-state index contributed by atoms with van der Waals surface area (Å²) in [5.41, 5.74) is 0. The lowest BCUT2D eigenvalue weighted by Crippen LogP contribution is -2.33. The molecule has 0 saturated carbocycles. The molecule has 0 rings (SSSR count). The molecule has 28 heavy (non-hydrogen) atoms. The first-order valence-electron chi connectivity index (χ1n) is 12.2. The van der Waals surface area contributed by atoms with Crippen LogP contribution in [0.25, 0.3) is 0 Å². The summed E-state index contributed by atoms with van der Waals surface area (Å²) in [5.74, 6) is 0. The van der Waals surface area contributed by atoms with E-state index in [0.29, 0.717) is 12.8 Å². The summed E-state index contributed by atoms with van der Waals surface area (Å²) in [6.07, 6.45) is 15.5. The zero-order chi connectivity index (χ0) is 21.0. The van der Waals surface area contributed by atoms with Gasteiger partial charge in [-0.25, -0.2) is 0 Å². The smallest absolute Gasteiger partial charge is 0.0824 e. The van der Waals surface area contributed by atoms with Gasteiger partial charge in [0.05, 0.1) is 24.4 Å². The second kappa shape index (κ2) is 20.1. The monoisotopic (exact) mass is 402 g/mol. The fourth-order valence-corrected chi connectivity index (χ4v) is 3.78. The molecule has 170 valence electrons. The first kappa shape index (κ1) is 27.8. The molecule has 0 bridgehead atoms. The van der Waals surface area contributed by atoms with Gasteiger partial charge in [0.15, 0.2) is 0 Å². The Bertz CT molecular complexity index is 281. The summed E-state index contributed by atoms with van der Waals surface area (Å²) in [5, 5.41) is 40.4. The molecule has 0 amide bonds. The topological polar surface area (TPSA) is 80.9 Å². The van der Waals surface area contributed by atoms with Crippen molar-refractivity contribution in [2.75, 3.05) is 0 Å². The first-order chi connectivity index (χ1) is 13.5. The average molecular weight is 403 g/mol. The molecule has 0 saturated heterocycles. The van der Waals surface area contributed by atoms with E-state index < -0.39 is 24.4 Å². The number of aliphatic hydroxyl groups excluding tert-OH is 4. The summed E-state index contributed by atoms with van der Waals surface area (Å²) in [6, 6.07) is 0. The predicted molar refractivity (Wildman–Crippen MR) is 118 cm³/mol. The number of hydrogen-bond donors (Lipinski definition) is 4. The zero-order valence-electron chi connectivity index (χ0n) is 18.8. The minimum Gasteiger partial charge on any atom is -0.393 e. The van der Waals surface area contributed by atoms with E-state index in [1.54, 1.807) is 0 Å². The molecule has 4 nitrogen and oxygen atoms in total. The van der Waals surface area contributed by atoms with Crippen molar-refractivity contribution in [2.24, 2.45) is 0 Å².